The summed E-state index contributed by atoms with van der Waals surface area (Å²) in [5.41, 5.74) is 1.71. The van der Waals surface area contributed by atoms with E-state index in [2.05, 4.69) is 10.4 Å². The molecular weight excluding hydrogens is 217 g/mol. The Morgan fingerprint density at radius 2 is 2.06 bits per heavy atom. The van der Waals surface area contributed by atoms with Crippen molar-refractivity contribution in [3.63, 3.8) is 0 Å². The van der Waals surface area contributed by atoms with Gasteiger partial charge in [-0.2, -0.15) is 9.49 Å². The molecule has 1 N–H and O–H groups in total. The van der Waals surface area contributed by atoms with E-state index in [0.717, 1.165) is 12.1 Å². The highest BCUT2D eigenvalue weighted by molar-refractivity contribution is 5.16. The quantitative estimate of drug-likeness (QED) is 0.854. The van der Waals surface area contributed by atoms with Crippen molar-refractivity contribution in [2.24, 2.45) is 0 Å². The normalized spacial score (nSPS) is 10.7. The number of nitrogens with zero attached hydrogens (tertiary/aromatic N) is 2. The van der Waals surface area contributed by atoms with Crippen LogP contribution >= 0.6 is 0 Å². The number of halogens is 1. The molecule has 0 saturated heterocycles. The maximum Gasteiger partial charge on any atom is 0.215 e. The van der Waals surface area contributed by atoms with Gasteiger partial charge in [-0.05, 0) is 25.6 Å². The third-order valence-corrected chi connectivity index (χ3v) is 2.66. The van der Waals surface area contributed by atoms with Gasteiger partial charge in [0.1, 0.15) is 0 Å². The molecule has 0 radical (unpaired) electrons. The lowest BCUT2D eigenvalue weighted by Gasteiger charge is -2.03. The topological polar surface area (TPSA) is 29.9 Å². The second-order valence-corrected chi connectivity index (χ2v) is 3.96. The molecule has 0 amide bonds. The predicted octanol–water partition coefficient (Wildman–Crippen LogP) is 1.83. The largest absolute Gasteiger partial charge is 0.319 e. The van der Waals surface area contributed by atoms with Crippen LogP contribution in [0, 0.1) is 5.95 Å². The van der Waals surface area contributed by atoms with E-state index in [4.69, 9.17) is 0 Å². The molecule has 1 aromatic carbocycles. The molecule has 0 fully saturated rings. The Balaban J connectivity index is 2.09. The molecule has 0 aliphatic carbocycles. The predicted molar refractivity (Wildman–Crippen MR) is 65.4 cm³/mol. The lowest BCUT2D eigenvalue weighted by Crippen LogP contribution is -2.11. The van der Waals surface area contributed by atoms with Gasteiger partial charge < -0.3 is 5.32 Å². The number of nitrogens with one attached hydrogen (secondary N) is 1. The Kier molecular flexibility index (Phi) is 3.88. The number of rotatable bonds is 5. The Labute approximate surface area is 100 Å². The number of hydrogen-bond donors (Lipinski definition) is 1. The summed E-state index contributed by atoms with van der Waals surface area (Å²) in [6.45, 7) is 1.24. The molecule has 0 bridgehead atoms. The van der Waals surface area contributed by atoms with E-state index in [1.54, 1.807) is 6.20 Å². The third kappa shape index (κ3) is 2.91. The summed E-state index contributed by atoms with van der Waals surface area (Å²) in [5.74, 6) is -0.232. The first-order chi connectivity index (χ1) is 8.31. The van der Waals surface area contributed by atoms with Crippen LogP contribution in [0.5, 0.6) is 0 Å². The van der Waals surface area contributed by atoms with Crippen molar-refractivity contribution in [1.29, 1.82) is 0 Å². The second kappa shape index (κ2) is 5.59. The molecule has 1 heterocycles. The molecule has 3 nitrogen and oxygen atoms in total. The third-order valence-electron chi connectivity index (χ3n) is 2.66. The van der Waals surface area contributed by atoms with Gasteiger partial charge in [0.05, 0.1) is 12.7 Å². The molecule has 4 heteroatoms. The second-order valence-electron chi connectivity index (χ2n) is 3.96. The molecule has 17 heavy (non-hydrogen) atoms. The summed E-state index contributed by atoms with van der Waals surface area (Å²) in [5, 5.41) is 7.08. The average molecular weight is 233 g/mol. The van der Waals surface area contributed by atoms with Crippen LogP contribution in [0.15, 0.2) is 36.5 Å². The van der Waals surface area contributed by atoms with Crippen LogP contribution in [0.3, 0.4) is 0 Å². The van der Waals surface area contributed by atoms with Crippen molar-refractivity contribution in [2.75, 3.05) is 13.6 Å². The Hall–Kier alpha value is -1.68. The molecule has 1 aromatic heterocycles. The summed E-state index contributed by atoms with van der Waals surface area (Å²) in [4.78, 5) is 0. The standard InChI is InChI=1S/C13H16FN3/c1-15-8-7-12-9-16-17(13(12)14)10-11-5-3-2-4-6-11/h2-6,9,15H,7-8,10H2,1H3. The molecule has 0 atom stereocenters. The van der Waals surface area contributed by atoms with E-state index in [0.29, 0.717) is 18.5 Å². The van der Waals surface area contributed by atoms with Crippen LogP contribution in [0.2, 0.25) is 0 Å². The molecule has 2 aromatic rings. The van der Waals surface area contributed by atoms with Gasteiger partial charge in [0.2, 0.25) is 5.95 Å². The lowest BCUT2D eigenvalue weighted by molar-refractivity contribution is 0.472. The van der Waals surface area contributed by atoms with Gasteiger partial charge in [-0.3, -0.25) is 0 Å². The van der Waals surface area contributed by atoms with Crippen molar-refractivity contribution in [1.82, 2.24) is 15.1 Å². The van der Waals surface area contributed by atoms with Gasteiger partial charge in [-0.25, -0.2) is 4.68 Å². The highest BCUT2D eigenvalue weighted by Gasteiger charge is 2.09. The lowest BCUT2D eigenvalue weighted by atomic mass is 10.2. The maximum atomic E-state index is 13.9. The number of likely N-dealkylation sites (N-methyl/N-ethyl adjacent to an activating group) is 1. The number of aromatic nitrogens is 2. The SMILES string of the molecule is CNCCc1cnn(Cc2ccccc2)c1F. The summed E-state index contributed by atoms with van der Waals surface area (Å²) in [6, 6.07) is 9.77. The maximum absolute atomic E-state index is 13.9. The smallest absolute Gasteiger partial charge is 0.215 e. The molecule has 0 saturated carbocycles. The highest BCUT2D eigenvalue weighted by Crippen LogP contribution is 2.09. The fraction of sp³-hybridized carbons (Fsp3) is 0.308. The fourth-order valence-corrected chi connectivity index (χ4v) is 1.70. The van der Waals surface area contributed by atoms with Crippen molar-refractivity contribution in [3.05, 3.63) is 53.6 Å². The van der Waals surface area contributed by atoms with Gasteiger partial charge in [0, 0.05) is 5.56 Å². The summed E-state index contributed by atoms with van der Waals surface area (Å²) >= 11 is 0. The van der Waals surface area contributed by atoms with E-state index in [-0.39, 0.29) is 5.95 Å². The van der Waals surface area contributed by atoms with Crippen LogP contribution in [-0.4, -0.2) is 23.4 Å². The van der Waals surface area contributed by atoms with Gasteiger partial charge in [0.15, 0.2) is 0 Å². The van der Waals surface area contributed by atoms with E-state index < -0.39 is 0 Å². The Morgan fingerprint density at radius 3 is 2.76 bits per heavy atom. The molecule has 2 rings (SSSR count). The highest BCUT2D eigenvalue weighted by atomic mass is 19.1. The Bertz CT molecular complexity index is 465. The van der Waals surface area contributed by atoms with Crippen LogP contribution in [0.25, 0.3) is 0 Å². The minimum atomic E-state index is -0.232. The number of hydrogen-bond acceptors (Lipinski definition) is 2. The van der Waals surface area contributed by atoms with Crippen LogP contribution in [0.4, 0.5) is 4.39 Å². The average Bonchev–Trinajstić information content (AvgIpc) is 2.70. The minimum absolute atomic E-state index is 0.232. The van der Waals surface area contributed by atoms with Crippen molar-refractivity contribution in [2.45, 2.75) is 13.0 Å². The molecule has 0 spiro atoms. The first-order valence-electron chi connectivity index (χ1n) is 5.70. The van der Waals surface area contributed by atoms with E-state index in [1.807, 2.05) is 37.4 Å². The van der Waals surface area contributed by atoms with Crippen LogP contribution in [-0.2, 0) is 13.0 Å². The number of benzene rings is 1. The zero-order valence-electron chi connectivity index (χ0n) is 9.86. The first kappa shape index (κ1) is 11.8. The zero-order valence-corrected chi connectivity index (χ0v) is 9.86. The van der Waals surface area contributed by atoms with Gasteiger partial charge in [-0.1, -0.05) is 30.3 Å². The van der Waals surface area contributed by atoms with Gasteiger partial charge >= 0.3 is 0 Å². The molecule has 0 aliphatic rings. The van der Waals surface area contributed by atoms with Gasteiger partial charge in [0.25, 0.3) is 0 Å². The molecule has 0 aliphatic heterocycles. The van der Waals surface area contributed by atoms with E-state index >= 15 is 0 Å². The Morgan fingerprint density at radius 1 is 1.29 bits per heavy atom. The molecule has 0 unspecified atom stereocenters. The van der Waals surface area contributed by atoms with Crippen molar-refractivity contribution in [3.8, 4) is 0 Å². The zero-order chi connectivity index (χ0) is 12.1. The molecular formula is C13H16FN3. The minimum Gasteiger partial charge on any atom is -0.319 e. The fourth-order valence-electron chi connectivity index (χ4n) is 1.70. The summed E-state index contributed by atoms with van der Waals surface area (Å²) < 4.78 is 15.3. The van der Waals surface area contributed by atoms with Gasteiger partial charge in [-0.15, -0.1) is 0 Å². The monoisotopic (exact) mass is 233 g/mol. The van der Waals surface area contributed by atoms with E-state index in [1.165, 1.54) is 4.68 Å². The van der Waals surface area contributed by atoms with E-state index in [9.17, 15) is 4.39 Å². The van der Waals surface area contributed by atoms with Crippen LogP contribution in [0.1, 0.15) is 11.1 Å². The van der Waals surface area contributed by atoms with Crippen LogP contribution < -0.4 is 5.32 Å². The van der Waals surface area contributed by atoms with Crippen molar-refractivity contribution >= 4 is 0 Å². The summed E-state index contributed by atoms with van der Waals surface area (Å²) in [6.07, 6.45) is 2.27. The summed E-state index contributed by atoms with van der Waals surface area (Å²) in [7, 11) is 1.85. The van der Waals surface area contributed by atoms with Crippen molar-refractivity contribution < 1.29 is 4.39 Å². The first-order valence-corrected chi connectivity index (χ1v) is 5.70. The molecule has 90 valence electrons.